The van der Waals surface area contributed by atoms with Crippen LogP contribution in [0, 0.1) is 0 Å². The van der Waals surface area contributed by atoms with Crippen molar-refractivity contribution in [2.24, 2.45) is 5.73 Å². The molecule has 0 aromatic heterocycles. The number of carbonyl (C=O) groups is 1. The first kappa shape index (κ1) is 20.2. The van der Waals surface area contributed by atoms with Crippen molar-refractivity contribution in [3.63, 3.8) is 0 Å². The lowest BCUT2D eigenvalue weighted by Crippen LogP contribution is -2.35. The van der Waals surface area contributed by atoms with Gasteiger partial charge in [-0.1, -0.05) is 0 Å². The van der Waals surface area contributed by atoms with E-state index in [9.17, 15) is 4.79 Å². The van der Waals surface area contributed by atoms with Crippen LogP contribution in [-0.2, 0) is 28.5 Å². The standard InChI is InChI=1S/C13H27NO7/c1-2-17-3-4-18-5-6-19-7-8-20-9-10-21-11-12(14)13(15)16/h12H,2-11,14H2,1H3,(H,15,16). The van der Waals surface area contributed by atoms with E-state index in [-0.39, 0.29) is 6.61 Å². The fourth-order valence-electron chi connectivity index (χ4n) is 1.20. The molecule has 8 heteroatoms. The number of carboxylic acid groups (broad SMARTS) is 1. The molecule has 0 rings (SSSR count). The highest BCUT2D eigenvalue weighted by molar-refractivity contribution is 5.73. The van der Waals surface area contributed by atoms with E-state index in [4.69, 9.17) is 34.5 Å². The van der Waals surface area contributed by atoms with Crippen molar-refractivity contribution in [1.29, 1.82) is 0 Å². The maximum Gasteiger partial charge on any atom is 0.322 e. The summed E-state index contributed by atoms with van der Waals surface area (Å²) in [5.74, 6) is -1.08. The molecule has 0 fully saturated rings. The van der Waals surface area contributed by atoms with Crippen molar-refractivity contribution in [3.8, 4) is 0 Å². The summed E-state index contributed by atoms with van der Waals surface area (Å²) in [5.41, 5.74) is 5.26. The predicted molar refractivity (Wildman–Crippen MR) is 75.4 cm³/mol. The minimum atomic E-state index is -1.08. The third kappa shape index (κ3) is 15.4. The van der Waals surface area contributed by atoms with Crippen LogP contribution in [0.4, 0.5) is 0 Å². The minimum Gasteiger partial charge on any atom is -0.480 e. The number of carboxylic acids is 1. The molecule has 8 nitrogen and oxygen atoms in total. The summed E-state index contributed by atoms with van der Waals surface area (Å²) in [5, 5.41) is 8.52. The van der Waals surface area contributed by atoms with E-state index in [1.54, 1.807) is 0 Å². The van der Waals surface area contributed by atoms with Crippen molar-refractivity contribution in [1.82, 2.24) is 0 Å². The van der Waals surface area contributed by atoms with Crippen LogP contribution in [0.5, 0.6) is 0 Å². The fourth-order valence-corrected chi connectivity index (χ4v) is 1.20. The lowest BCUT2D eigenvalue weighted by Gasteiger charge is -2.09. The molecule has 0 amide bonds. The summed E-state index contributed by atoms with van der Waals surface area (Å²) < 4.78 is 26.0. The molecule has 0 aliphatic carbocycles. The minimum absolute atomic E-state index is 0.0196. The molecule has 0 saturated carbocycles. The van der Waals surface area contributed by atoms with Crippen LogP contribution in [0.2, 0.25) is 0 Å². The van der Waals surface area contributed by atoms with Gasteiger partial charge in [0.1, 0.15) is 6.04 Å². The third-order valence-corrected chi connectivity index (χ3v) is 2.31. The monoisotopic (exact) mass is 309 g/mol. The Balaban J connectivity index is 3.04. The third-order valence-electron chi connectivity index (χ3n) is 2.31. The second-order valence-electron chi connectivity index (χ2n) is 4.05. The van der Waals surface area contributed by atoms with Crippen molar-refractivity contribution in [3.05, 3.63) is 0 Å². The lowest BCUT2D eigenvalue weighted by atomic mass is 10.3. The first-order valence-electron chi connectivity index (χ1n) is 7.05. The van der Waals surface area contributed by atoms with Crippen LogP contribution in [0.15, 0.2) is 0 Å². The van der Waals surface area contributed by atoms with Gasteiger partial charge in [-0.25, -0.2) is 0 Å². The zero-order valence-electron chi connectivity index (χ0n) is 12.6. The Labute approximate surface area is 125 Å². The number of aliphatic carboxylic acids is 1. The lowest BCUT2D eigenvalue weighted by molar-refractivity contribution is -0.140. The van der Waals surface area contributed by atoms with Crippen LogP contribution >= 0.6 is 0 Å². The first-order chi connectivity index (χ1) is 10.2. The molecule has 0 spiro atoms. The Hall–Kier alpha value is -0.770. The highest BCUT2D eigenvalue weighted by Gasteiger charge is 2.10. The van der Waals surface area contributed by atoms with Crippen molar-refractivity contribution in [2.45, 2.75) is 13.0 Å². The Bertz CT molecular complexity index is 241. The van der Waals surface area contributed by atoms with Crippen molar-refractivity contribution < 1.29 is 33.6 Å². The molecule has 0 radical (unpaired) electrons. The van der Waals surface area contributed by atoms with Gasteiger partial charge in [-0.15, -0.1) is 0 Å². The Morgan fingerprint density at radius 3 is 1.62 bits per heavy atom. The van der Waals surface area contributed by atoms with E-state index in [2.05, 4.69) is 0 Å². The molecule has 0 aromatic carbocycles. The van der Waals surface area contributed by atoms with Crippen LogP contribution in [0.25, 0.3) is 0 Å². The number of hydrogen-bond acceptors (Lipinski definition) is 7. The molecule has 3 N–H and O–H groups in total. The van der Waals surface area contributed by atoms with Gasteiger partial charge in [0, 0.05) is 6.61 Å². The number of rotatable bonds is 16. The molecule has 21 heavy (non-hydrogen) atoms. The summed E-state index contributed by atoms with van der Waals surface area (Å²) in [6, 6.07) is -0.990. The highest BCUT2D eigenvalue weighted by Crippen LogP contribution is 1.85. The molecule has 0 aliphatic rings. The molecule has 1 atom stereocenters. The van der Waals surface area contributed by atoms with Crippen molar-refractivity contribution >= 4 is 5.97 Å². The van der Waals surface area contributed by atoms with Gasteiger partial charge in [-0.3, -0.25) is 4.79 Å². The van der Waals surface area contributed by atoms with E-state index in [1.807, 2.05) is 6.92 Å². The zero-order valence-corrected chi connectivity index (χ0v) is 12.6. The number of nitrogens with two attached hydrogens (primary N) is 1. The largest absolute Gasteiger partial charge is 0.480 e. The van der Waals surface area contributed by atoms with Gasteiger partial charge in [0.05, 0.1) is 59.5 Å². The average Bonchev–Trinajstić information content (AvgIpc) is 2.47. The van der Waals surface area contributed by atoms with E-state index >= 15 is 0 Å². The van der Waals surface area contributed by atoms with Gasteiger partial charge in [0.25, 0.3) is 0 Å². The van der Waals surface area contributed by atoms with Gasteiger partial charge in [-0.05, 0) is 6.92 Å². The SMILES string of the molecule is CCOCCOCCOCCOCCOCC(N)C(=O)O. The molecule has 0 bridgehead atoms. The second-order valence-corrected chi connectivity index (χ2v) is 4.05. The number of ether oxygens (including phenoxy) is 5. The van der Waals surface area contributed by atoms with E-state index in [0.29, 0.717) is 59.5 Å². The second kappa shape index (κ2) is 15.6. The summed E-state index contributed by atoms with van der Waals surface area (Å²) >= 11 is 0. The Morgan fingerprint density at radius 2 is 1.24 bits per heavy atom. The normalized spacial score (nSPS) is 12.5. The molecular formula is C13H27NO7. The van der Waals surface area contributed by atoms with E-state index < -0.39 is 12.0 Å². The van der Waals surface area contributed by atoms with Crippen LogP contribution in [0.3, 0.4) is 0 Å². The van der Waals surface area contributed by atoms with E-state index in [0.717, 1.165) is 0 Å². The van der Waals surface area contributed by atoms with Crippen LogP contribution < -0.4 is 5.73 Å². The molecule has 0 aromatic rings. The Kier molecular flexibility index (Phi) is 15.0. The summed E-state index contributed by atoms with van der Waals surface area (Å²) in [7, 11) is 0. The van der Waals surface area contributed by atoms with Gasteiger partial charge >= 0.3 is 5.97 Å². The maximum absolute atomic E-state index is 10.4. The molecule has 1 unspecified atom stereocenters. The van der Waals surface area contributed by atoms with Gasteiger partial charge < -0.3 is 34.5 Å². The predicted octanol–water partition coefficient (Wildman–Crippen LogP) is -0.499. The molecule has 126 valence electrons. The quantitative estimate of drug-likeness (QED) is 0.367. The average molecular weight is 309 g/mol. The van der Waals surface area contributed by atoms with E-state index in [1.165, 1.54) is 0 Å². The summed E-state index contributed by atoms with van der Waals surface area (Å²) in [6.07, 6.45) is 0. The molecule has 0 saturated heterocycles. The Morgan fingerprint density at radius 1 is 0.857 bits per heavy atom. The molecule has 0 heterocycles. The van der Waals surface area contributed by atoms with Crippen LogP contribution in [0.1, 0.15) is 6.92 Å². The maximum atomic E-state index is 10.4. The van der Waals surface area contributed by atoms with Crippen LogP contribution in [-0.4, -0.2) is 83.2 Å². The van der Waals surface area contributed by atoms with Gasteiger partial charge in [0.15, 0.2) is 0 Å². The van der Waals surface area contributed by atoms with Crippen molar-refractivity contribution in [2.75, 3.05) is 66.1 Å². The van der Waals surface area contributed by atoms with Gasteiger partial charge in [0.2, 0.25) is 0 Å². The number of hydrogen-bond donors (Lipinski definition) is 2. The zero-order chi connectivity index (χ0) is 15.8. The summed E-state index contributed by atoms with van der Waals surface area (Å²) in [4.78, 5) is 10.4. The highest BCUT2D eigenvalue weighted by atomic mass is 16.6. The molecular weight excluding hydrogens is 282 g/mol. The smallest absolute Gasteiger partial charge is 0.322 e. The fraction of sp³-hybridized carbons (Fsp3) is 0.923. The first-order valence-corrected chi connectivity index (χ1v) is 7.05. The molecule has 0 aliphatic heterocycles. The summed E-state index contributed by atoms with van der Waals surface area (Å²) in [6.45, 7) is 6.45. The topological polar surface area (TPSA) is 109 Å². The van der Waals surface area contributed by atoms with Gasteiger partial charge in [-0.2, -0.15) is 0 Å².